The highest BCUT2D eigenvalue weighted by atomic mass is 32.1. The molecule has 0 fully saturated rings. The lowest BCUT2D eigenvalue weighted by molar-refractivity contribution is -0.111. The summed E-state index contributed by atoms with van der Waals surface area (Å²) in [5.74, 6) is 0.404. The van der Waals surface area contributed by atoms with Gasteiger partial charge in [0, 0.05) is 12.5 Å². The third kappa shape index (κ3) is 4.53. The quantitative estimate of drug-likeness (QED) is 0.822. The highest BCUT2D eigenvalue weighted by molar-refractivity contribution is 7.15. The fourth-order valence-electron chi connectivity index (χ4n) is 1.14. The van der Waals surface area contributed by atoms with E-state index in [-0.39, 0.29) is 5.91 Å². The number of anilines is 1. The number of carbonyl (C=O) groups excluding carboxylic acids is 1. The fraction of sp³-hybridized carbons (Fsp3) is 0.545. The largest absolute Gasteiger partial charge is 0.297 e. The van der Waals surface area contributed by atoms with Crippen LogP contribution in [0.4, 0.5) is 5.13 Å². The molecule has 0 aliphatic carbocycles. The second-order valence-electron chi connectivity index (χ2n) is 4.31. The van der Waals surface area contributed by atoms with E-state index in [1.54, 1.807) is 6.08 Å². The minimum Gasteiger partial charge on any atom is -0.297 e. The second kappa shape index (κ2) is 5.75. The molecule has 0 spiro atoms. The maximum absolute atomic E-state index is 11.4. The maximum Gasteiger partial charge on any atom is 0.250 e. The molecule has 88 valence electrons. The van der Waals surface area contributed by atoms with Crippen molar-refractivity contribution in [3.05, 3.63) is 16.7 Å². The Bertz CT molecular complexity index is 392. The summed E-state index contributed by atoms with van der Waals surface area (Å²) < 4.78 is 0. The standard InChI is InChI=1S/C11H17N3OS/c1-7(2)5-9(15)12-11-14-13-10(16-11)6-8(3)4/h5,8H,6H2,1-4H3,(H,12,14,15). The smallest absolute Gasteiger partial charge is 0.250 e. The second-order valence-corrected chi connectivity index (χ2v) is 5.37. The van der Waals surface area contributed by atoms with E-state index in [9.17, 15) is 4.79 Å². The monoisotopic (exact) mass is 239 g/mol. The van der Waals surface area contributed by atoms with Crippen LogP contribution in [0.15, 0.2) is 11.6 Å². The Morgan fingerprint density at radius 2 is 2.12 bits per heavy atom. The molecular weight excluding hydrogens is 222 g/mol. The number of hydrogen-bond donors (Lipinski definition) is 1. The molecule has 0 aliphatic heterocycles. The van der Waals surface area contributed by atoms with E-state index in [1.807, 2.05) is 13.8 Å². The first-order chi connectivity index (χ1) is 7.47. The van der Waals surface area contributed by atoms with Gasteiger partial charge in [-0.15, -0.1) is 10.2 Å². The van der Waals surface area contributed by atoms with Crippen LogP contribution in [0.5, 0.6) is 0 Å². The summed E-state index contributed by atoms with van der Waals surface area (Å²) >= 11 is 1.43. The van der Waals surface area contributed by atoms with Gasteiger partial charge in [-0.05, 0) is 19.8 Å². The fourth-order valence-corrected chi connectivity index (χ4v) is 2.09. The molecule has 1 amide bonds. The lowest BCUT2D eigenvalue weighted by Gasteiger charge is -1.97. The van der Waals surface area contributed by atoms with E-state index < -0.39 is 0 Å². The Morgan fingerprint density at radius 3 is 2.69 bits per heavy atom. The van der Waals surface area contributed by atoms with Crippen LogP contribution in [-0.2, 0) is 11.2 Å². The molecule has 1 aromatic heterocycles. The number of aromatic nitrogens is 2. The number of carbonyl (C=O) groups is 1. The summed E-state index contributed by atoms with van der Waals surface area (Å²) in [5, 5.41) is 12.2. The number of rotatable bonds is 4. The van der Waals surface area contributed by atoms with Crippen LogP contribution in [0.25, 0.3) is 0 Å². The molecule has 0 saturated carbocycles. The van der Waals surface area contributed by atoms with Crippen LogP contribution < -0.4 is 5.32 Å². The van der Waals surface area contributed by atoms with Crippen molar-refractivity contribution in [1.82, 2.24) is 10.2 Å². The normalized spacial score (nSPS) is 10.3. The molecule has 1 rings (SSSR count). The van der Waals surface area contributed by atoms with Gasteiger partial charge in [0.25, 0.3) is 0 Å². The van der Waals surface area contributed by atoms with Gasteiger partial charge in [-0.1, -0.05) is 30.8 Å². The third-order valence-electron chi connectivity index (χ3n) is 1.70. The Hall–Kier alpha value is -1.23. The van der Waals surface area contributed by atoms with Crippen LogP contribution in [-0.4, -0.2) is 16.1 Å². The molecule has 0 aliphatic rings. The van der Waals surface area contributed by atoms with Crippen LogP contribution in [0.2, 0.25) is 0 Å². The third-order valence-corrected chi connectivity index (χ3v) is 2.56. The molecule has 1 N–H and O–H groups in total. The van der Waals surface area contributed by atoms with Gasteiger partial charge in [0.15, 0.2) is 0 Å². The summed E-state index contributed by atoms with van der Waals surface area (Å²) in [4.78, 5) is 11.4. The van der Waals surface area contributed by atoms with Crippen molar-refractivity contribution in [3.63, 3.8) is 0 Å². The zero-order valence-electron chi connectivity index (χ0n) is 10.1. The molecule has 5 heteroatoms. The van der Waals surface area contributed by atoms with Gasteiger partial charge >= 0.3 is 0 Å². The van der Waals surface area contributed by atoms with Gasteiger partial charge in [-0.3, -0.25) is 10.1 Å². The van der Waals surface area contributed by atoms with Crippen LogP contribution in [0.3, 0.4) is 0 Å². The number of nitrogens with one attached hydrogen (secondary N) is 1. The highest BCUT2D eigenvalue weighted by Crippen LogP contribution is 2.18. The van der Waals surface area contributed by atoms with Crippen LogP contribution in [0.1, 0.15) is 32.7 Å². The molecule has 4 nitrogen and oxygen atoms in total. The summed E-state index contributed by atoms with van der Waals surface area (Å²) in [6.07, 6.45) is 2.44. The van der Waals surface area contributed by atoms with E-state index in [1.165, 1.54) is 11.3 Å². The molecule has 0 bridgehead atoms. The van der Waals surface area contributed by atoms with Gasteiger partial charge in [0.1, 0.15) is 5.01 Å². The molecule has 1 aromatic rings. The molecule has 0 aromatic carbocycles. The SMILES string of the molecule is CC(C)=CC(=O)Nc1nnc(CC(C)C)s1. The van der Waals surface area contributed by atoms with Gasteiger partial charge in [-0.25, -0.2) is 0 Å². The summed E-state index contributed by atoms with van der Waals surface area (Å²) in [7, 11) is 0. The average Bonchev–Trinajstić information content (AvgIpc) is 2.49. The molecule has 0 saturated heterocycles. The average molecular weight is 239 g/mol. The molecule has 0 atom stereocenters. The van der Waals surface area contributed by atoms with Crippen molar-refractivity contribution >= 4 is 22.4 Å². The summed E-state index contributed by atoms with van der Waals surface area (Å²) in [6, 6.07) is 0. The van der Waals surface area contributed by atoms with Crippen molar-refractivity contribution in [2.45, 2.75) is 34.1 Å². The lowest BCUT2D eigenvalue weighted by Crippen LogP contribution is -2.07. The van der Waals surface area contributed by atoms with E-state index in [0.29, 0.717) is 11.0 Å². The zero-order valence-corrected chi connectivity index (χ0v) is 10.9. The molecule has 0 radical (unpaired) electrons. The van der Waals surface area contributed by atoms with Gasteiger partial charge in [0.2, 0.25) is 11.0 Å². The van der Waals surface area contributed by atoms with Gasteiger partial charge < -0.3 is 0 Å². The molecular formula is C11H17N3OS. The van der Waals surface area contributed by atoms with Crippen molar-refractivity contribution in [1.29, 1.82) is 0 Å². The van der Waals surface area contributed by atoms with E-state index in [4.69, 9.17) is 0 Å². The predicted molar refractivity (Wildman–Crippen MR) is 66.5 cm³/mol. The topological polar surface area (TPSA) is 54.9 Å². The Morgan fingerprint density at radius 1 is 1.44 bits per heavy atom. The first-order valence-electron chi connectivity index (χ1n) is 5.25. The minimum absolute atomic E-state index is 0.146. The Balaban J connectivity index is 2.58. The maximum atomic E-state index is 11.4. The number of nitrogens with zero attached hydrogens (tertiary/aromatic N) is 2. The molecule has 16 heavy (non-hydrogen) atoms. The van der Waals surface area contributed by atoms with E-state index in [0.717, 1.165) is 17.0 Å². The van der Waals surface area contributed by atoms with Gasteiger partial charge in [0.05, 0.1) is 0 Å². The molecule has 1 heterocycles. The van der Waals surface area contributed by atoms with Crippen molar-refractivity contribution < 1.29 is 4.79 Å². The van der Waals surface area contributed by atoms with Crippen LogP contribution in [0, 0.1) is 5.92 Å². The van der Waals surface area contributed by atoms with E-state index >= 15 is 0 Å². The summed E-state index contributed by atoms with van der Waals surface area (Å²) in [6.45, 7) is 8.01. The summed E-state index contributed by atoms with van der Waals surface area (Å²) in [5.41, 5.74) is 0.962. The van der Waals surface area contributed by atoms with E-state index in [2.05, 4.69) is 29.4 Å². The predicted octanol–water partition coefficient (Wildman–Crippen LogP) is 2.64. The Kier molecular flexibility index (Phi) is 4.61. The minimum atomic E-state index is -0.146. The van der Waals surface area contributed by atoms with Crippen molar-refractivity contribution in [2.75, 3.05) is 5.32 Å². The first-order valence-corrected chi connectivity index (χ1v) is 6.07. The number of amides is 1. The lowest BCUT2D eigenvalue weighted by atomic mass is 10.1. The van der Waals surface area contributed by atoms with Crippen LogP contribution >= 0.6 is 11.3 Å². The molecule has 0 unspecified atom stereocenters. The van der Waals surface area contributed by atoms with Gasteiger partial charge in [-0.2, -0.15) is 0 Å². The first kappa shape index (κ1) is 12.8. The number of allylic oxidation sites excluding steroid dienone is 1. The highest BCUT2D eigenvalue weighted by Gasteiger charge is 2.07. The zero-order chi connectivity index (χ0) is 12.1. The van der Waals surface area contributed by atoms with Crippen molar-refractivity contribution in [2.24, 2.45) is 5.92 Å². The van der Waals surface area contributed by atoms with Crippen molar-refractivity contribution in [3.8, 4) is 0 Å². The number of hydrogen-bond acceptors (Lipinski definition) is 4. The Labute approximate surface area is 99.8 Å².